The summed E-state index contributed by atoms with van der Waals surface area (Å²) in [5.74, 6) is 0. The molecule has 0 spiro atoms. The summed E-state index contributed by atoms with van der Waals surface area (Å²) in [7, 11) is 0. The molecule has 1 aliphatic rings. The first kappa shape index (κ1) is 47.4. The molecule has 0 aromatic rings. The molecule has 0 saturated carbocycles. The summed E-state index contributed by atoms with van der Waals surface area (Å²) < 4.78 is 40.2. The molecule has 0 aliphatic carbocycles. The fourth-order valence-electron chi connectivity index (χ4n) is 5.38. The highest BCUT2D eigenvalue weighted by Gasteiger charge is 2.29. The number of allylic oxidation sites excluding steroid dienone is 10. The topological polar surface area (TPSA) is 84.8 Å². The zero-order valence-corrected chi connectivity index (χ0v) is 33.9. The van der Waals surface area contributed by atoms with Crippen LogP contribution in [-0.2, 0) is 33.2 Å². The minimum atomic E-state index is -0.723. The number of aliphatic hydroxyl groups excluding tert-OH is 1. The third-order valence-electron chi connectivity index (χ3n) is 8.94. The van der Waals surface area contributed by atoms with Gasteiger partial charge in [-0.1, -0.05) is 58.2 Å². The lowest BCUT2D eigenvalue weighted by Crippen LogP contribution is -2.42. The SMILES string of the molecule is CC(C)=CCC/C(C)=C/CC/C(C)=C/CC/C=C(\C)CC/C=C(\C)CCC(O)C(C)(C)OCC1COCCOCCOCCOCCOCCO1. The van der Waals surface area contributed by atoms with Crippen LogP contribution in [0.15, 0.2) is 58.2 Å². The Kier molecular flexibility index (Phi) is 28.6. The first-order chi connectivity index (χ1) is 24.5. The van der Waals surface area contributed by atoms with E-state index in [2.05, 4.69) is 71.9 Å². The number of aliphatic hydroxyl groups is 1. The molecule has 8 nitrogen and oxygen atoms in total. The van der Waals surface area contributed by atoms with Gasteiger partial charge in [-0.15, -0.1) is 0 Å². The minimum Gasteiger partial charge on any atom is -0.390 e. The smallest absolute Gasteiger partial charge is 0.104 e. The van der Waals surface area contributed by atoms with Crippen molar-refractivity contribution in [3.05, 3.63) is 58.2 Å². The number of unbranched alkanes of at least 4 members (excludes halogenated alkanes) is 1. The number of rotatable bonds is 19. The highest BCUT2D eigenvalue weighted by molar-refractivity contribution is 5.07. The predicted octanol–water partition coefficient (Wildman–Crippen LogP) is 9.28. The van der Waals surface area contributed by atoms with E-state index in [1.165, 1.54) is 34.3 Å². The van der Waals surface area contributed by atoms with E-state index in [0.29, 0.717) is 85.7 Å². The molecule has 0 aromatic carbocycles. The maximum absolute atomic E-state index is 11.0. The quantitative estimate of drug-likeness (QED) is 0.104. The van der Waals surface area contributed by atoms with E-state index in [9.17, 15) is 5.11 Å². The number of ether oxygens (including phenoxy) is 7. The standard InChI is InChI=1S/C43H76O8/c1-36(2)14-11-17-39(5)20-12-18-37(3)15-9-10-16-38(4)19-13-21-40(6)22-23-42(44)43(7,8)51-35-41-34-49-31-30-47-27-26-45-24-25-46-28-29-48-32-33-50-41/h14-16,20-21,41-42,44H,9-13,17-19,22-35H2,1-8H3/b37-15+,38-16+,39-20+,40-21+. The second-order valence-corrected chi connectivity index (χ2v) is 14.7. The Morgan fingerprint density at radius 2 is 0.961 bits per heavy atom. The summed E-state index contributed by atoms with van der Waals surface area (Å²) in [5, 5.41) is 11.0. The summed E-state index contributed by atoms with van der Waals surface area (Å²) in [6.45, 7) is 22.8. The molecule has 1 fully saturated rings. The van der Waals surface area contributed by atoms with Crippen LogP contribution in [0.4, 0.5) is 0 Å². The van der Waals surface area contributed by atoms with Gasteiger partial charge in [-0.3, -0.25) is 0 Å². The van der Waals surface area contributed by atoms with E-state index in [1.807, 2.05) is 13.8 Å². The Bertz CT molecular complexity index is 1000. The maximum Gasteiger partial charge on any atom is 0.104 e. The zero-order valence-electron chi connectivity index (χ0n) is 33.9. The molecule has 0 radical (unpaired) electrons. The Morgan fingerprint density at radius 1 is 0.569 bits per heavy atom. The molecule has 1 heterocycles. The van der Waals surface area contributed by atoms with Crippen molar-refractivity contribution >= 4 is 0 Å². The minimum absolute atomic E-state index is 0.282. The molecule has 51 heavy (non-hydrogen) atoms. The highest BCUT2D eigenvalue weighted by Crippen LogP contribution is 2.22. The van der Waals surface area contributed by atoms with Crippen molar-refractivity contribution in [2.24, 2.45) is 0 Å². The van der Waals surface area contributed by atoms with E-state index in [0.717, 1.165) is 51.4 Å². The van der Waals surface area contributed by atoms with Gasteiger partial charge in [0.05, 0.1) is 91.0 Å². The summed E-state index contributed by atoms with van der Waals surface area (Å²) in [4.78, 5) is 0. The van der Waals surface area contributed by atoms with Gasteiger partial charge in [0.15, 0.2) is 0 Å². The summed E-state index contributed by atoms with van der Waals surface area (Å²) in [6.07, 6.45) is 21.3. The normalized spacial score (nSPS) is 20.1. The fourth-order valence-corrected chi connectivity index (χ4v) is 5.38. The molecule has 1 saturated heterocycles. The lowest BCUT2D eigenvalue weighted by Gasteiger charge is -2.32. The molecule has 1 aliphatic heterocycles. The molecule has 1 N–H and O–H groups in total. The average molecular weight is 721 g/mol. The third kappa shape index (κ3) is 28.5. The molecule has 0 amide bonds. The van der Waals surface area contributed by atoms with Crippen molar-refractivity contribution in [2.45, 2.75) is 137 Å². The predicted molar refractivity (Wildman–Crippen MR) is 211 cm³/mol. The van der Waals surface area contributed by atoms with Gasteiger partial charge in [-0.25, -0.2) is 0 Å². The van der Waals surface area contributed by atoms with Crippen LogP contribution in [0.25, 0.3) is 0 Å². The van der Waals surface area contributed by atoms with Gasteiger partial charge >= 0.3 is 0 Å². The molecule has 0 bridgehead atoms. The van der Waals surface area contributed by atoms with Crippen molar-refractivity contribution in [1.29, 1.82) is 0 Å². The molecular formula is C43H76O8. The van der Waals surface area contributed by atoms with Crippen molar-refractivity contribution in [3.8, 4) is 0 Å². The van der Waals surface area contributed by atoms with Crippen LogP contribution in [0.2, 0.25) is 0 Å². The largest absolute Gasteiger partial charge is 0.390 e. The van der Waals surface area contributed by atoms with Crippen molar-refractivity contribution < 1.29 is 38.3 Å². The number of hydrogen-bond acceptors (Lipinski definition) is 8. The zero-order chi connectivity index (χ0) is 37.6. The maximum atomic E-state index is 11.0. The van der Waals surface area contributed by atoms with Gasteiger partial charge < -0.3 is 38.3 Å². The van der Waals surface area contributed by atoms with E-state index >= 15 is 0 Å². The van der Waals surface area contributed by atoms with Gasteiger partial charge in [-0.05, 0) is 120 Å². The lowest BCUT2D eigenvalue weighted by molar-refractivity contribution is -0.147. The number of hydrogen-bond donors (Lipinski definition) is 1. The van der Waals surface area contributed by atoms with Crippen LogP contribution in [0.1, 0.15) is 120 Å². The highest BCUT2D eigenvalue weighted by atomic mass is 16.6. The van der Waals surface area contributed by atoms with Crippen molar-refractivity contribution in [1.82, 2.24) is 0 Å². The molecule has 2 unspecified atom stereocenters. The van der Waals surface area contributed by atoms with E-state index in [1.54, 1.807) is 0 Å². The lowest BCUT2D eigenvalue weighted by atomic mass is 9.95. The Morgan fingerprint density at radius 3 is 1.43 bits per heavy atom. The Labute approximate surface area is 312 Å². The molecule has 2 atom stereocenters. The van der Waals surface area contributed by atoms with Gasteiger partial charge in [-0.2, -0.15) is 0 Å². The van der Waals surface area contributed by atoms with Crippen molar-refractivity contribution in [2.75, 3.05) is 79.3 Å². The fraction of sp³-hybridized carbons (Fsp3) is 0.767. The van der Waals surface area contributed by atoms with Crippen LogP contribution < -0.4 is 0 Å². The average Bonchev–Trinajstić information content (AvgIpc) is 3.08. The van der Waals surface area contributed by atoms with Crippen LogP contribution in [0, 0.1) is 0 Å². The second kappa shape index (κ2) is 30.8. The molecular weight excluding hydrogens is 644 g/mol. The van der Waals surface area contributed by atoms with Gasteiger partial charge in [0.25, 0.3) is 0 Å². The first-order valence-corrected chi connectivity index (χ1v) is 19.6. The first-order valence-electron chi connectivity index (χ1n) is 19.6. The van der Waals surface area contributed by atoms with Crippen LogP contribution >= 0.6 is 0 Å². The van der Waals surface area contributed by atoms with Crippen LogP contribution in [0.3, 0.4) is 0 Å². The van der Waals surface area contributed by atoms with E-state index in [-0.39, 0.29) is 6.10 Å². The monoisotopic (exact) mass is 721 g/mol. The van der Waals surface area contributed by atoms with Gasteiger partial charge in [0.1, 0.15) is 6.10 Å². The van der Waals surface area contributed by atoms with Crippen LogP contribution in [0.5, 0.6) is 0 Å². The molecule has 296 valence electrons. The summed E-state index contributed by atoms with van der Waals surface area (Å²) >= 11 is 0. The van der Waals surface area contributed by atoms with Gasteiger partial charge in [0, 0.05) is 0 Å². The molecule has 0 aromatic heterocycles. The Balaban J connectivity index is 2.37. The molecule has 1 rings (SSSR count). The second-order valence-electron chi connectivity index (χ2n) is 14.7. The van der Waals surface area contributed by atoms with Crippen molar-refractivity contribution in [3.63, 3.8) is 0 Å². The van der Waals surface area contributed by atoms with E-state index < -0.39 is 11.7 Å². The molecule has 8 heteroatoms. The van der Waals surface area contributed by atoms with Gasteiger partial charge in [0.2, 0.25) is 0 Å². The Hall–Kier alpha value is -1.62. The van der Waals surface area contributed by atoms with E-state index in [4.69, 9.17) is 33.2 Å². The summed E-state index contributed by atoms with van der Waals surface area (Å²) in [5.41, 5.74) is 6.41. The third-order valence-corrected chi connectivity index (χ3v) is 8.94. The van der Waals surface area contributed by atoms with Crippen LogP contribution in [-0.4, -0.2) is 102 Å². The summed E-state index contributed by atoms with van der Waals surface area (Å²) in [6, 6.07) is 0.